The molecule has 0 amide bonds. The van der Waals surface area contributed by atoms with Crippen molar-refractivity contribution in [2.45, 2.75) is 6.92 Å². The molecule has 1 aromatic carbocycles. The van der Waals surface area contributed by atoms with E-state index >= 15 is 0 Å². The summed E-state index contributed by atoms with van der Waals surface area (Å²) in [6.45, 7) is 2.23. The standard InChI is InChI=1S/C9H11ClF2N4/c1-2-14-9(16-13)15-8-6(10)3-5(11)4-7(8)12/h3-4H,2,13H2,1H3,(H2,14,15,16). The van der Waals surface area contributed by atoms with Crippen LogP contribution in [-0.4, -0.2) is 12.5 Å². The lowest BCUT2D eigenvalue weighted by Crippen LogP contribution is -2.36. The second kappa shape index (κ2) is 5.62. The lowest BCUT2D eigenvalue weighted by atomic mass is 10.3. The first-order valence-electron chi connectivity index (χ1n) is 4.51. The molecule has 1 aromatic rings. The van der Waals surface area contributed by atoms with Crippen molar-refractivity contribution < 1.29 is 8.78 Å². The van der Waals surface area contributed by atoms with E-state index in [1.165, 1.54) is 0 Å². The number of rotatable bonds is 2. The molecule has 0 aliphatic rings. The van der Waals surface area contributed by atoms with Gasteiger partial charge in [0.25, 0.3) is 0 Å². The van der Waals surface area contributed by atoms with Gasteiger partial charge in [0.1, 0.15) is 5.82 Å². The smallest absolute Gasteiger partial charge is 0.210 e. The Kier molecular flexibility index (Phi) is 4.45. The van der Waals surface area contributed by atoms with E-state index in [1.807, 2.05) is 0 Å². The molecule has 0 unspecified atom stereocenters. The van der Waals surface area contributed by atoms with E-state index in [0.717, 1.165) is 6.07 Å². The van der Waals surface area contributed by atoms with Crippen molar-refractivity contribution in [2.75, 3.05) is 11.9 Å². The zero-order chi connectivity index (χ0) is 12.1. The van der Waals surface area contributed by atoms with Gasteiger partial charge in [-0.2, -0.15) is 0 Å². The van der Waals surface area contributed by atoms with Crippen molar-refractivity contribution in [3.8, 4) is 0 Å². The number of nitrogens with two attached hydrogens (primary N) is 1. The number of nitrogens with zero attached hydrogens (tertiary/aromatic N) is 1. The molecule has 16 heavy (non-hydrogen) atoms. The first-order valence-corrected chi connectivity index (χ1v) is 4.89. The monoisotopic (exact) mass is 248 g/mol. The van der Waals surface area contributed by atoms with Crippen molar-refractivity contribution in [1.29, 1.82) is 0 Å². The molecule has 88 valence electrons. The Morgan fingerprint density at radius 2 is 2.19 bits per heavy atom. The molecular formula is C9H11ClF2N4. The fourth-order valence-corrected chi connectivity index (χ4v) is 1.30. The van der Waals surface area contributed by atoms with E-state index in [9.17, 15) is 8.78 Å². The molecule has 0 atom stereocenters. The van der Waals surface area contributed by atoms with E-state index in [1.54, 1.807) is 6.92 Å². The zero-order valence-corrected chi connectivity index (χ0v) is 9.28. The van der Waals surface area contributed by atoms with Crippen LogP contribution in [0.4, 0.5) is 14.5 Å². The lowest BCUT2D eigenvalue weighted by molar-refractivity contribution is 0.586. The van der Waals surface area contributed by atoms with Crippen LogP contribution in [0, 0.1) is 11.6 Å². The van der Waals surface area contributed by atoms with Crippen LogP contribution >= 0.6 is 11.6 Å². The van der Waals surface area contributed by atoms with Gasteiger partial charge in [-0.05, 0) is 13.0 Å². The number of benzene rings is 1. The van der Waals surface area contributed by atoms with Gasteiger partial charge in [-0.3, -0.25) is 10.4 Å². The number of guanidine groups is 1. The SMILES string of the molecule is CCN=C(NN)Nc1c(F)cc(F)cc1Cl. The van der Waals surface area contributed by atoms with Crippen LogP contribution in [0.2, 0.25) is 5.02 Å². The van der Waals surface area contributed by atoms with E-state index in [0.29, 0.717) is 12.6 Å². The highest BCUT2D eigenvalue weighted by atomic mass is 35.5. The van der Waals surface area contributed by atoms with Crippen LogP contribution in [0.5, 0.6) is 0 Å². The molecule has 4 nitrogen and oxygen atoms in total. The minimum Gasteiger partial charge on any atom is -0.322 e. The van der Waals surface area contributed by atoms with Crippen LogP contribution in [0.1, 0.15) is 6.92 Å². The summed E-state index contributed by atoms with van der Waals surface area (Å²) in [6, 6.07) is 1.71. The van der Waals surface area contributed by atoms with E-state index in [2.05, 4.69) is 15.7 Å². The van der Waals surface area contributed by atoms with Crippen molar-refractivity contribution >= 4 is 23.2 Å². The van der Waals surface area contributed by atoms with E-state index < -0.39 is 11.6 Å². The molecule has 0 bridgehead atoms. The number of hydrazine groups is 1. The van der Waals surface area contributed by atoms with Gasteiger partial charge < -0.3 is 5.32 Å². The first-order chi connectivity index (χ1) is 7.58. The minimum atomic E-state index is -0.816. The lowest BCUT2D eigenvalue weighted by Gasteiger charge is -2.11. The quantitative estimate of drug-likeness (QED) is 0.324. The van der Waals surface area contributed by atoms with Crippen LogP contribution in [-0.2, 0) is 0 Å². The Morgan fingerprint density at radius 1 is 1.50 bits per heavy atom. The number of hydrogen-bond donors (Lipinski definition) is 3. The molecule has 0 radical (unpaired) electrons. The predicted octanol–water partition coefficient (Wildman–Crippen LogP) is 1.87. The number of anilines is 1. The van der Waals surface area contributed by atoms with Crippen molar-refractivity contribution in [2.24, 2.45) is 10.8 Å². The maximum atomic E-state index is 13.3. The van der Waals surface area contributed by atoms with Gasteiger partial charge in [0.15, 0.2) is 5.82 Å². The molecular weight excluding hydrogens is 238 g/mol. The average Bonchev–Trinajstić information content (AvgIpc) is 2.21. The normalized spacial score (nSPS) is 11.4. The largest absolute Gasteiger partial charge is 0.322 e. The summed E-state index contributed by atoms with van der Waals surface area (Å²) < 4.78 is 26.1. The van der Waals surface area contributed by atoms with Crippen LogP contribution in [0.15, 0.2) is 17.1 Å². The molecule has 0 saturated carbocycles. The number of aliphatic imine (C=N–C) groups is 1. The number of halogens is 3. The predicted molar refractivity (Wildman–Crippen MR) is 60.3 cm³/mol. The van der Waals surface area contributed by atoms with Crippen LogP contribution in [0.3, 0.4) is 0 Å². The molecule has 0 heterocycles. The minimum absolute atomic E-state index is 0.0757. The highest BCUT2D eigenvalue weighted by molar-refractivity contribution is 6.33. The van der Waals surface area contributed by atoms with Crippen molar-refractivity contribution in [3.05, 3.63) is 28.8 Å². The molecule has 1 rings (SSSR count). The Morgan fingerprint density at radius 3 is 2.69 bits per heavy atom. The summed E-state index contributed by atoms with van der Waals surface area (Å²) in [5, 5.41) is 2.45. The molecule has 0 fully saturated rings. The zero-order valence-electron chi connectivity index (χ0n) is 8.52. The van der Waals surface area contributed by atoms with E-state index in [4.69, 9.17) is 17.4 Å². The second-order valence-corrected chi connectivity index (χ2v) is 3.24. The third-order valence-electron chi connectivity index (χ3n) is 1.70. The number of hydrogen-bond acceptors (Lipinski definition) is 2. The summed E-state index contributed by atoms with van der Waals surface area (Å²) in [5.41, 5.74) is 2.16. The van der Waals surface area contributed by atoms with Gasteiger partial charge in [-0.15, -0.1) is 0 Å². The first kappa shape index (κ1) is 12.7. The molecule has 4 N–H and O–H groups in total. The van der Waals surface area contributed by atoms with Gasteiger partial charge in [0.2, 0.25) is 5.96 Å². The maximum absolute atomic E-state index is 13.3. The molecule has 0 saturated heterocycles. The Hall–Kier alpha value is -1.40. The van der Waals surface area contributed by atoms with E-state index in [-0.39, 0.29) is 16.7 Å². The maximum Gasteiger partial charge on any atom is 0.210 e. The summed E-state index contributed by atoms with van der Waals surface area (Å²) in [4.78, 5) is 3.89. The second-order valence-electron chi connectivity index (χ2n) is 2.84. The Bertz CT molecular complexity index is 385. The van der Waals surface area contributed by atoms with Gasteiger partial charge in [0.05, 0.1) is 10.7 Å². The highest BCUT2D eigenvalue weighted by Crippen LogP contribution is 2.26. The molecule has 0 aliphatic heterocycles. The third-order valence-corrected chi connectivity index (χ3v) is 2.00. The summed E-state index contributed by atoms with van der Waals surface area (Å²) in [7, 11) is 0. The van der Waals surface area contributed by atoms with Gasteiger partial charge in [-0.25, -0.2) is 14.6 Å². The molecule has 0 spiro atoms. The third kappa shape index (κ3) is 3.04. The summed E-state index contributed by atoms with van der Waals surface area (Å²) in [5.74, 6) is 3.74. The summed E-state index contributed by atoms with van der Waals surface area (Å²) in [6.07, 6.45) is 0. The van der Waals surface area contributed by atoms with Gasteiger partial charge >= 0.3 is 0 Å². The summed E-state index contributed by atoms with van der Waals surface area (Å²) >= 11 is 5.67. The van der Waals surface area contributed by atoms with Crippen molar-refractivity contribution in [1.82, 2.24) is 5.43 Å². The molecule has 7 heteroatoms. The molecule has 0 aromatic heterocycles. The fourth-order valence-electron chi connectivity index (χ4n) is 1.06. The van der Waals surface area contributed by atoms with Gasteiger partial charge in [0, 0.05) is 12.6 Å². The Labute approximate surface area is 96.5 Å². The van der Waals surface area contributed by atoms with Crippen molar-refractivity contribution in [3.63, 3.8) is 0 Å². The fraction of sp³-hybridized carbons (Fsp3) is 0.222. The number of nitrogens with one attached hydrogen (secondary N) is 2. The van der Waals surface area contributed by atoms with Crippen LogP contribution in [0.25, 0.3) is 0 Å². The Balaban J connectivity index is 3.01. The van der Waals surface area contributed by atoms with Gasteiger partial charge in [-0.1, -0.05) is 11.6 Å². The van der Waals surface area contributed by atoms with Crippen LogP contribution < -0.4 is 16.6 Å². The molecule has 0 aliphatic carbocycles. The average molecular weight is 249 g/mol. The highest BCUT2D eigenvalue weighted by Gasteiger charge is 2.11. The topological polar surface area (TPSA) is 62.4 Å².